The summed E-state index contributed by atoms with van der Waals surface area (Å²) in [5, 5.41) is 25.0. The number of carbonyl (C=O) groups is 1. The average Bonchev–Trinajstić information content (AvgIpc) is 3.55. The normalized spacial score (nSPS) is 11.9. The van der Waals surface area contributed by atoms with Gasteiger partial charge in [-0.05, 0) is 40.6 Å². The van der Waals surface area contributed by atoms with Crippen molar-refractivity contribution in [2.24, 2.45) is 0 Å². The lowest BCUT2D eigenvalue weighted by molar-refractivity contribution is 0.0938. The maximum absolute atomic E-state index is 13.0. The van der Waals surface area contributed by atoms with E-state index in [4.69, 9.17) is 15.2 Å². The number of carbonyl (C=O) groups excluding carboxylic acids is 1. The Kier molecular flexibility index (Phi) is 4.75. The summed E-state index contributed by atoms with van der Waals surface area (Å²) in [5.41, 5.74) is 12.7. The van der Waals surface area contributed by atoms with Crippen molar-refractivity contribution < 1.29 is 24.0 Å². The van der Waals surface area contributed by atoms with Crippen LogP contribution < -0.4 is 26.1 Å². The van der Waals surface area contributed by atoms with Crippen LogP contribution in [0.25, 0.3) is 22.8 Å². The number of phenolic OH excluding ortho intramolecular Hbond substituents is 1. The van der Waals surface area contributed by atoms with Gasteiger partial charge in [0.25, 0.3) is 5.91 Å². The summed E-state index contributed by atoms with van der Waals surface area (Å²) in [6.07, 6.45) is 0. The van der Waals surface area contributed by atoms with E-state index in [1.165, 1.54) is 16.8 Å². The number of anilines is 1. The van der Waals surface area contributed by atoms with Crippen molar-refractivity contribution in [2.75, 3.05) is 12.5 Å². The maximum atomic E-state index is 13.0. The topological polar surface area (TPSA) is 175 Å². The molecule has 0 unspecified atom stereocenters. The van der Waals surface area contributed by atoms with E-state index in [0.29, 0.717) is 28.3 Å². The van der Waals surface area contributed by atoms with E-state index in [-0.39, 0.29) is 35.6 Å². The van der Waals surface area contributed by atoms with Gasteiger partial charge in [0.15, 0.2) is 17.2 Å². The second-order valence-electron chi connectivity index (χ2n) is 6.85. The van der Waals surface area contributed by atoms with Gasteiger partial charge in [-0.3, -0.25) is 15.6 Å². The lowest BCUT2D eigenvalue weighted by atomic mass is 10.1. The number of phenols is 1. The van der Waals surface area contributed by atoms with Gasteiger partial charge in [-0.25, -0.2) is 4.63 Å². The zero-order valence-electron chi connectivity index (χ0n) is 16.8. The molecule has 166 valence electrons. The first-order valence-corrected chi connectivity index (χ1v) is 9.50. The number of ether oxygens (including phenoxy) is 2. The fourth-order valence-corrected chi connectivity index (χ4v) is 3.18. The highest BCUT2D eigenvalue weighted by Crippen LogP contribution is 2.37. The average molecular weight is 448 g/mol. The molecule has 0 spiro atoms. The smallest absolute Gasteiger partial charge is 0.292 e. The summed E-state index contributed by atoms with van der Waals surface area (Å²) >= 11 is 0. The Morgan fingerprint density at radius 1 is 1.12 bits per heavy atom. The second-order valence-corrected chi connectivity index (χ2v) is 6.85. The lowest BCUT2D eigenvalue weighted by Gasteiger charge is -2.12. The molecule has 2 aromatic carbocycles. The van der Waals surface area contributed by atoms with E-state index >= 15 is 0 Å². The molecule has 5 N–H and O–H groups in total. The molecule has 13 nitrogen and oxygen atoms in total. The molecule has 0 saturated carbocycles. The van der Waals surface area contributed by atoms with Crippen molar-refractivity contribution in [3.8, 4) is 34.3 Å². The number of nitrogens with one attached hydrogen (secondary N) is 2. The standard InChI is InChI=1S/C20H16N8O5/c1-10(11-3-2-4-13(29)7-11)22-24-20(30)16-17(12-5-6-14-15(8-12)32-9-31-14)28(27-23-16)19-18(21)25-33-26-19/h2-8,22,29H,1,9H2,(H2,21,25)(H,24,30). The number of aromatic hydroxyl groups is 1. The van der Waals surface area contributed by atoms with Gasteiger partial charge in [0.1, 0.15) is 11.4 Å². The number of nitrogen functional groups attached to an aromatic ring is 1. The number of amides is 1. The highest BCUT2D eigenvalue weighted by Gasteiger charge is 2.27. The Labute approximate surface area is 185 Å². The summed E-state index contributed by atoms with van der Waals surface area (Å²) in [5.74, 6) is 0.526. The number of nitrogens with two attached hydrogens (primary N) is 1. The minimum Gasteiger partial charge on any atom is -0.508 e. The zero-order valence-corrected chi connectivity index (χ0v) is 16.8. The van der Waals surface area contributed by atoms with Crippen LogP contribution in [0.4, 0.5) is 5.82 Å². The number of fused-ring (bicyclic) bond motifs is 1. The molecule has 3 heterocycles. The van der Waals surface area contributed by atoms with Crippen molar-refractivity contribution in [1.29, 1.82) is 0 Å². The van der Waals surface area contributed by atoms with Crippen LogP contribution in [0.5, 0.6) is 17.2 Å². The van der Waals surface area contributed by atoms with E-state index in [0.717, 1.165) is 0 Å². The quantitative estimate of drug-likeness (QED) is 0.312. The van der Waals surface area contributed by atoms with Crippen LogP contribution >= 0.6 is 0 Å². The molecule has 0 atom stereocenters. The molecule has 33 heavy (non-hydrogen) atoms. The van der Waals surface area contributed by atoms with Gasteiger partial charge in [-0.15, -0.1) is 5.10 Å². The largest absolute Gasteiger partial charge is 0.508 e. The summed E-state index contributed by atoms with van der Waals surface area (Å²) in [6.45, 7) is 3.94. The number of hydrogen-bond donors (Lipinski definition) is 4. The first-order chi connectivity index (χ1) is 16.0. The molecule has 0 fully saturated rings. The molecule has 2 aromatic heterocycles. The molecular weight excluding hydrogens is 432 g/mol. The minimum absolute atomic E-state index is 0.0377. The number of benzene rings is 2. The van der Waals surface area contributed by atoms with E-state index < -0.39 is 5.91 Å². The van der Waals surface area contributed by atoms with E-state index in [9.17, 15) is 9.90 Å². The summed E-state index contributed by atoms with van der Waals surface area (Å²) in [7, 11) is 0. The zero-order chi connectivity index (χ0) is 22.9. The lowest BCUT2D eigenvalue weighted by Crippen LogP contribution is -2.36. The van der Waals surface area contributed by atoms with Crippen LogP contribution in [-0.4, -0.2) is 43.1 Å². The van der Waals surface area contributed by atoms with Crippen LogP contribution in [0.1, 0.15) is 16.1 Å². The van der Waals surface area contributed by atoms with Crippen LogP contribution in [0.3, 0.4) is 0 Å². The highest BCUT2D eigenvalue weighted by atomic mass is 16.7. The summed E-state index contributed by atoms with van der Waals surface area (Å²) in [4.78, 5) is 13.0. The number of hydrazine groups is 1. The molecule has 4 aromatic rings. The van der Waals surface area contributed by atoms with Crippen LogP contribution in [0.15, 0.2) is 53.7 Å². The molecule has 0 radical (unpaired) electrons. The third-order valence-corrected chi connectivity index (χ3v) is 4.75. The van der Waals surface area contributed by atoms with E-state index in [1.54, 1.807) is 30.3 Å². The summed E-state index contributed by atoms with van der Waals surface area (Å²) < 4.78 is 16.7. The van der Waals surface area contributed by atoms with Crippen molar-refractivity contribution in [1.82, 2.24) is 36.2 Å². The van der Waals surface area contributed by atoms with Gasteiger partial charge >= 0.3 is 0 Å². The van der Waals surface area contributed by atoms with Crippen molar-refractivity contribution >= 4 is 17.4 Å². The Bertz CT molecular complexity index is 1380. The summed E-state index contributed by atoms with van der Waals surface area (Å²) in [6, 6.07) is 11.5. The van der Waals surface area contributed by atoms with Crippen LogP contribution in [0.2, 0.25) is 0 Å². The number of rotatable bonds is 6. The van der Waals surface area contributed by atoms with Gasteiger partial charge in [0.2, 0.25) is 18.4 Å². The molecule has 5 rings (SSSR count). The Hall–Kier alpha value is -5.07. The first kappa shape index (κ1) is 19.9. The maximum Gasteiger partial charge on any atom is 0.292 e. The van der Waals surface area contributed by atoms with Crippen molar-refractivity contribution in [3.05, 3.63) is 60.3 Å². The van der Waals surface area contributed by atoms with Crippen LogP contribution in [-0.2, 0) is 0 Å². The van der Waals surface area contributed by atoms with Crippen molar-refractivity contribution in [3.63, 3.8) is 0 Å². The number of aromatic nitrogens is 5. The molecule has 1 aliphatic heterocycles. The van der Waals surface area contributed by atoms with Crippen molar-refractivity contribution in [2.45, 2.75) is 0 Å². The molecule has 0 saturated heterocycles. The fourth-order valence-electron chi connectivity index (χ4n) is 3.18. The third kappa shape index (κ3) is 3.63. The monoisotopic (exact) mass is 448 g/mol. The highest BCUT2D eigenvalue weighted by molar-refractivity contribution is 5.98. The Morgan fingerprint density at radius 2 is 1.97 bits per heavy atom. The molecule has 0 bridgehead atoms. The predicted octanol–water partition coefficient (Wildman–Crippen LogP) is 1.24. The fraction of sp³-hybridized carbons (Fsp3) is 0.0500. The molecule has 1 amide bonds. The number of hydrogen-bond acceptors (Lipinski definition) is 11. The first-order valence-electron chi connectivity index (χ1n) is 9.50. The molecular formula is C20H16N8O5. The van der Waals surface area contributed by atoms with Crippen LogP contribution in [0, 0.1) is 0 Å². The van der Waals surface area contributed by atoms with Gasteiger partial charge in [-0.2, -0.15) is 4.68 Å². The predicted molar refractivity (Wildman–Crippen MR) is 113 cm³/mol. The second kappa shape index (κ2) is 7.88. The van der Waals surface area contributed by atoms with E-state index in [2.05, 4.69) is 42.7 Å². The van der Waals surface area contributed by atoms with Gasteiger partial charge in [0, 0.05) is 11.1 Å². The minimum atomic E-state index is -0.620. The third-order valence-electron chi connectivity index (χ3n) is 4.75. The molecule has 0 aliphatic carbocycles. The van der Waals surface area contributed by atoms with Gasteiger partial charge in [0.05, 0.1) is 5.70 Å². The van der Waals surface area contributed by atoms with Gasteiger partial charge < -0.3 is 20.3 Å². The number of nitrogens with zero attached hydrogens (tertiary/aromatic N) is 5. The molecule has 1 aliphatic rings. The van der Waals surface area contributed by atoms with E-state index in [1.807, 2.05) is 0 Å². The Morgan fingerprint density at radius 3 is 2.76 bits per heavy atom. The van der Waals surface area contributed by atoms with Gasteiger partial charge in [-0.1, -0.05) is 23.9 Å². The Balaban J connectivity index is 1.48. The SMILES string of the molecule is C=C(NNC(=O)c1nnn(-c2nonc2N)c1-c1ccc2c(c1)OCO2)c1cccc(O)c1. The molecule has 13 heteroatoms.